The molecule has 0 aromatic carbocycles. The molecule has 1 aliphatic rings. The Kier molecular flexibility index (Phi) is 6.78. The molecule has 1 fully saturated rings. The van der Waals surface area contributed by atoms with Crippen LogP contribution in [0.5, 0.6) is 0 Å². The first-order chi connectivity index (χ1) is 9.45. The summed E-state index contributed by atoms with van der Waals surface area (Å²) in [6, 6.07) is 0.408. The molecule has 20 heavy (non-hydrogen) atoms. The van der Waals surface area contributed by atoms with Gasteiger partial charge in [0.2, 0.25) is 0 Å². The lowest BCUT2D eigenvalue weighted by Crippen LogP contribution is -2.44. The van der Waals surface area contributed by atoms with Gasteiger partial charge in [-0.3, -0.25) is 9.69 Å². The number of rotatable bonds is 9. The molecule has 1 saturated carbocycles. The first kappa shape index (κ1) is 16.8. The molecule has 1 aliphatic carbocycles. The normalized spacial score (nSPS) is 16.2. The van der Waals surface area contributed by atoms with E-state index in [9.17, 15) is 9.59 Å². The summed E-state index contributed by atoms with van der Waals surface area (Å²) >= 11 is 0. The van der Waals surface area contributed by atoms with Crippen LogP contribution in [0.1, 0.15) is 33.6 Å². The van der Waals surface area contributed by atoms with Crippen molar-refractivity contribution in [3.63, 3.8) is 0 Å². The number of amides is 2. The van der Waals surface area contributed by atoms with E-state index in [1.54, 1.807) is 0 Å². The van der Waals surface area contributed by atoms with Gasteiger partial charge in [-0.15, -0.1) is 0 Å². The first-order valence-corrected chi connectivity index (χ1v) is 7.44. The summed E-state index contributed by atoms with van der Waals surface area (Å²) in [4.78, 5) is 25.0. The zero-order valence-electron chi connectivity index (χ0n) is 12.7. The van der Waals surface area contributed by atoms with Crippen molar-refractivity contribution in [2.75, 3.05) is 26.2 Å². The summed E-state index contributed by atoms with van der Waals surface area (Å²) in [7, 11) is 0. The van der Waals surface area contributed by atoms with Crippen LogP contribution in [0, 0.1) is 11.8 Å². The molecular weight excluding hydrogens is 258 g/mol. The van der Waals surface area contributed by atoms with Crippen molar-refractivity contribution < 1.29 is 14.7 Å². The standard InChI is InChI=1S/C14H27N3O3/c1-4-17(11-5-6-11)8-7-15-14(20)16-9-12(10(2)3)13(18)19/h10-12H,4-9H2,1-3H3,(H,18,19)(H2,15,16,20). The summed E-state index contributed by atoms with van der Waals surface area (Å²) in [5.74, 6) is -1.41. The minimum absolute atomic E-state index is 0.00162. The second-order valence-electron chi connectivity index (χ2n) is 5.69. The summed E-state index contributed by atoms with van der Waals surface area (Å²) in [6.45, 7) is 8.41. The molecule has 0 saturated heterocycles. The molecule has 6 heteroatoms. The second kappa shape index (κ2) is 8.09. The molecule has 0 heterocycles. The maximum absolute atomic E-state index is 11.6. The third-order valence-corrected chi connectivity index (χ3v) is 3.76. The minimum atomic E-state index is -0.869. The Balaban J connectivity index is 2.17. The number of hydrogen-bond donors (Lipinski definition) is 3. The van der Waals surface area contributed by atoms with Gasteiger partial charge in [0.15, 0.2) is 0 Å². The Morgan fingerprint density at radius 2 is 1.95 bits per heavy atom. The van der Waals surface area contributed by atoms with Crippen molar-refractivity contribution in [2.24, 2.45) is 11.8 Å². The van der Waals surface area contributed by atoms with Crippen LogP contribution in [0.25, 0.3) is 0 Å². The van der Waals surface area contributed by atoms with Crippen LogP contribution < -0.4 is 10.6 Å². The highest BCUT2D eigenvalue weighted by atomic mass is 16.4. The molecule has 116 valence electrons. The average Bonchev–Trinajstić information content (AvgIpc) is 3.18. The third kappa shape index (κ3) is 5.77. The van der Waals surface area contributed by atoms with Gasteiger partial charge < -0.3 is 15.7 Å². The Morgan fingerprint density at radius 3 is 2.40 bits per heavy atom. The van der Waals surface area contributed by atoms with Crippen LogP contribution in [0.2, 0.25) is 0 Å². The largest absolute Gasteiger partial charge is 0.481 e. The Labute approximate surface area is 120 Å². The molecule has 0 aromatic heterocycles. The molecule has 0 bridgehead atoms. The molecule has 0 aromatic rings. The fraction of sp³-hybridized carbons (Fsp3) is 0.857. The second-order valence-corrected chi connectivity index (χ2v) is 5.69. The lowest BCUT2D eigenvalue weighted by molar-refractivity contribution is -0.142. The zero-order valence-corrected chi connectivity index (χ0v) is 12.7. The van der Waals surface area contributed by atoms with Crippen LogP contribution >= 0.6 is 0 Å². The monoisotopic (exact) mass is 285 g/mol. The van der Waals surface area contributed by atoms with Crippen molar-refractivity contribution in [1.29, 1.82) is 0 Å². The van der Waals surface area contributed by atoms with Crippen molar-refractivity contribution >= 4 is 12.0 Å². The maximum Gasteiger partial charge on any atom is 0.314 e. The van der Waals surface area contributed by atoms with Crippen LogP contribution in [0.4, 0.5) is 4.79 Å². The van der Waals surface area contributed by atoms with E-state index in [0.717, 1.165) is 13.1 Å². The van der Waals surface area contributed by atoms with Crippen molar-refractivity contribution in [2.45, 2.75) is 39.7 Å². The highest BCUT2D eigenvalue weighted by Gasteiger charge is 2.27. The summed E-state index contributed by atoms with van der Waals surface area (Å²) in [5.41, 5.74) is 0. The van der Waals surface area contributed by atoms with Crippen molar-refractivity contribution in [1.82, 2.24) is 15.5 Å². The van der Waals surface area contributed by atoms with Gasteiger partial charge in [0.1, 0.15) is 0 Å². The summed E-state index contributed by atoms with van der Waals surface area (Å²) < 4.78 is 0. The minimum Gasteiger partial charge on any atom is -0.481 e. The zero-order chi connectivity index (χ0) is 15.1. The Bertz CT molecular complexity index is 330. The van der Waals surface area contributed by atoms with E-state index in [4.69, 9.17) is 5.11 Å². The van der Waals surface area contributed by atoms with E-state index in [1.165, 1.54) is 12.8 Å². The van der Waals surface area contributed by atoms with Crippen LogP contribution in [0.15, 0.2) is 0 Å². The third-order valence-electron chi connectivity index (χ3n) is 3.76. The number of nitrogens with one attached hydrogen (secondary N) is 2. The number of urea groups is 1. The quantitative estimate of drug-likeness (QED) is 0.593. The number of aliphatic carboxylic acids is 1. The van der Waals surface area contributed by atoms with Gasteiger partial charge >= 0.3 is 12.0 Å². The predicted octanol–water partition coefficient (Wildman–Crippen LogP) is 1.13. The van der Waals surface area contributed by atoms with Crippen LogP contribution in [0.3, 0.4) is 0 Å². The first-order valence-electron chi connectivity index (χ1n) is 7.44. The molecule has 2 amide bonds. The van der Waals surface area contributed by atoms with Gasteiger partial charge in [-0.1, -0.05) is 20.8 Å². The number of hydrogen-bond acceptors (Lipinski definition) is 3. The molecule has 1 unspecified atom stereocenters. The van der Waals surface area contributed by atoms with Crippen molar-refractivity contribution in [3.8, 4) is 0 Å². The van der Waals surface area contributed by atoms with E-state index < -0.39 is 11.9 Å². The van der Waals surface area contributed by atoms with Gasteiger partial charge in [0, 0.05) is 25.7 Å². The highest BCUT2D eigenvalue weighted by molar-refractivity contribution is 5.75. The van der Waals surface area contributed by atoms with Crippen LogP contribution in [-0.2, 0) is 4.79 Å². The molecule has 1 rings (SSSR count). The predicted molar refractivity (Wildman–Crippen MR) is 77.6 cm³/mol. The molecular formula is C14H27N3O3. The van der Waals surface area contributed by atoms with E-state index in [0.29, 0.717) is 12.6 Å². The summed E-state index contributed by atoms with van der Waals surface area (Å²) in [5, 5.41) is 14.4. The van der Waals surface area contributed by atoms with Gasteiger partial charge in [-0.05, 0) is 25.3 Å². The average molecular weight is 285 g/mol. The SMILES string of the molecule is CCN(CCNC(=O)NCC(C(=O)O)C(C)C)C1CC1. The molecule has 6 nitrogen and oxygen atoms in total. The van der Waals surface area contributed by atoms with E-state index in [-0.39, 0.29) is 18.5 Å². The van der Waals surface area contributed by atoms with Crippen LogP contribution in [-0.4, -0.2) is 54.2 Å². The smallest absolute Gasteiger partial charge is 0.314 e. The molecule has 1 atom stereocenters. The lowest BCUT2D eigenvalue weighted by Gasteiger charge is -2.20. The molecule has 0 aliphatic heterocycles. The van der Waals surface area contributed by atoms with Gasteiger partial charge in [0.05, 0.1) is 5.92 Å². The molecule has 0 radical (unpaired) electrons. The topological polar surface area (TPSA) is 81.7 Å². The molecule has 3 N–H and O–H groups in total. The van der Waals surface area contributed by atoms with Gasteiger partial charge in [0.25, 0.3) is 0 Å². The van der Waals surface area contributed by atoms with Crippen molar-refractivity contribution in [3.05, 3.63) is 0 Å². The number of carbonyl (C=O) groups excluding carboxylic acids is 1. The lowest BCUT2D eigenvalue weighted by atomic mass is 9.96. The van der Waals surface area contributed by atoms with E-state index in [1.807, 2.05) is 13.8 Å². The van der Waals surface area contributed by atoms with Gasteiger partial charge in [-0.2, -0.15) is 0 Å². The van der Waals surface area contributed by atoms with E-state index >= 15 is 0 Å². The Hall–Kier alpha value is -1.30. The fourth-order valence-corrected chi connectivity index (χ4v) is 2.22. The number of likely N-dealkylation sites (N-methyl/N-ethyl adjacent to an activating group) is 1. The van der Waals surface area contributed by atoms with Gasteiger partial charge in [-0.25, -0.2) is 4.79 Å². The Morgan fingerprint density at radius 1 is 1.30 bits per heavy atom. The summed E-state index contributed by atoms with van der Waals surface area (Å²) in [6.07, 6.45) is 2.52. The highest BCUT2D eigenvalue weighted by Crippen LogP contribution is 2.25. The number of carbonyl (C=O) groups is 2. The number of carboxylic acid groups (broad SMARTS) is 1. The fourth-order valence-electron chi connectivity index (χ4n) is 2.22. The maximum atomic E-state index is 11.6. The molecule has 0 spiro atoms. The number of nitrogens with zero attached hydrogens (tertiary/aromatic N) is 1. The van der Waals surface area contributed by atoms with E-state index in [2.05, 4.69) is 22.5 Å². The number of carboxylic acids is 1.